The van der Waals surface area contributed by atoms with Crippen molar-refractivity contribution in [2.75, 3.05) is 13.2 Å². The molecule has 0 saturated carbocycles. The van der Waals surface area contributed by atoms with Gasteiger partial charge in [-0.3, -0.25) is 0 Å². The summed E-state index contributed by atoms with van der Waals surface area (Å²) in [6.07, 6.45) is 0.279. The van der Waals surface area contributed by atoms with Crippen molar-refractivity contribution in [3.63, 3.8) is 0 Å². The highest BCUT2D eigenvalue weighted by Crippen LogP contribution is 2.18. The first-order valence-corrected chi connectivity index (χ1v) is 6.03. The van der Waals surface area contributed by atoms with Crippen LogP contribution in [0, 0.1) is 0 Å². The van der Waals surface area contributed by atoms with Crippen molar-refractivity contribution in [1.82, 2.24) is 10.6 Å². The quantitative estimate of drug-likeness (QED) is 0.748. The SMILES string of the molecule is O=C(NCc1ccccc1)NC1(C(=O)O)CCOC1. The van der Waals surface area contributed by atoms with Gasteiger partial charge in [-0.1, -0.05) is 30.3 Å². The van der Waals surface area contributed by atoms with Crippen LogP contribution < -0.4 is 10.6 Å². The van der Waals surface area contributed by atoms with Gasteiger partial charge >= 0.3 is 12.0 Å². The van der Waals surface area contributed by atoms with Gasteiger partial charge in [-0.25, -0.2) is 9.59 Å². The molecule has 1 saturated heterocycles. The second-order valence-electron chi connectivity index (χ2n) is 4.48. The maximum atomic E-state index is 11.7. The zero-order valence-electron chi connectivity index (χ0n) is 10.4. The molecule has 6 heteroatoms. The molecule has 1 aromatic carbocycles. The first-order valence-electron chi connectivity index (χ1n) is 6.03. The molecular weight excluding hydrogens is 248 g/mol. The van der Waals surface area contributed by atoms with Gasteiger partial charge in [-0.15, -0.1) is 0 Å². The molecule has 19 heavy (non-hydrogen) atoms. The Morgan fingerprint density at radius 1 is 1.32 bits per heavy atom. The predicted molar refractivity (Wildman–Crippen MR) is 67.6 cm³/mol. The summed E-state index contributed by atoms with van der Waals surface area (Å²) in [5, 5.41) is 14.3. The van der Waals surface area contributed by atoms with Crippen LogP contribution in [0.25, 0.3) is 0 Å². The van der Waals surface area contributed by atoms with Crippen molar-refractivity contribution < 1.29 is 19.4 Å². The number of carboxylic acid groups (broad SMARTS) is 1. The third-order valence-electron chi connectivity index (χ3n) is 3.08. The number of aliphatic carboxylic acids is 1. The third-order valence-corrected chi connectivity index (χ3v) is 3.08. The van der Waals surface area contributed by atoms with E-state index in [9.17, 15) is 14.7 Å². The number of carboxylic acids is 1. The van der Waals surface area contributed by atoms with Crippen LogP contribution in [0.15, 0.2) is 30.3 Å². The highest BCUT2D eigenvalue weighted by atomic mass is 16.5. The van der Waals surface area contributed by atoms with Gasteiger partial charge in [0.15, 0.2) is 5.54 Å². The zero-order valence-corrected chi connectivity index (χ0v) is 10.4. The molecule has 1 aliphatic rings. The van der Waals surface area contributed by atoms with E-state index >= 15 is 0 Å². The van der Waals surface area contributed by atoms with Gasteiger partial charge in [0, 0.05) is 19.6 Å². The second-order valence-corrected chi connectivity index (χ2v) is 4.48. The Balaban J connectivity index is 1.88. The van der Waals surface area contributed by atoms with E-state index in [0.717, 1.165) is 5.56 Å². The number of ether oxygens (including phenoxy) is 1. The van der Waals surface area contributed by atoms with Crippen LogP contribution in [0.5, 0.6) is 0 Å². The Kier molecular flexibility index (Phi) is 4.01. The summed E-state index contributed by atoms with van der Waals surface area (Å²) in [6.45, 7) is 0.690. The molecule has 1 aromatic rings. The lowest BCUT2D eigenvalue weighted by atomic mass is 9.99. The zero-order chi connectivity index (χ0) is 13.7. The molecule has 1 atom stereocenters. The lowest BCUT2D eigenvalue weighted by Gasteiger charge is -2.23. The minimum absolute atomic E-state index is 0.00108. The van der Waals surface area contributed by atoms with E-state index in [4.69, 9.17) is 4.74 Å². The standard InChI is InChI=1S/C13H16N2O4/c16-11(17)13(6-7-19-9-13)15-12(18)14-8-10-4-2-1-3-5-10/h1-5H,6-9H2,(H,16,17)(H2,14,15,18). The number of hydrogen-bond acceptors (Lipinski definition) is 3. The summed E-state index contributed by atoms with van der Waals surface area (Å²) >= 11 is 0. The second kappa shape index (κ2) is 5.71. The fourth-order valence-electron chi connectivity index (χ4n) is 1.93. The molecule has 102 valence electrons. The number of amides is 2. The Bertz CT molecular complexity index is 455. The molecule has 0 radical (unpaired) electrons. The van der Waals surface area contributed by atoms with E-state index in [1.54, 1.807) is 0 Å². The summed E-state index contributed by atoms with van der Waals surface area (Å²) in [4.78, 5) is 23.0. The van der Waals surface area contributed by atoms with E-state index in [1.165, 1.54) is 0 Å². The summed E-state index contributed by atoms with van der Waals surface area (Å²) in [5.74, 6) is -1.07. The van der Waals surface area contributed by atoms with Crippen molar-refractivity contribution in [3.05, 3.63) is 35.9 Å². The van der Waals surface area contributed by atoms with Crippen LogP contribution >= 0.6 is 0 Å². The lowest BCUT2D eigenvalue weighted by molar-refractivity contribution is -0.144. The molecule has 1 fully saturated rings. The Labute approximate surface area is 110 Å². The monoisotopic (exact) mass is 264 g/mol. The van der Waals surface area contributed by atoms with Crippen molar-refractivity contribution in [3.8, 4) is 0 Å². The molecule has 1 aliphatic heterocycles. The molecule has 1 unspecified atom stereocenters. The summed E-state index contributed by atoms with van der Waals surface area (Å²) in [7, 11) is 0. The molecule has 6 nitrogen and oxygen atoms in total. The first-order chi connectivity index (χ1) is 9.12. The number of carbonyl (C=O) groups is 2. The van der Waals surface area contributed by atoms with Crippen molar-refractivity contribution in [2.24, 2.45) is 0 Å². The Hall–Kier alpha value is -2.08. The number of carbonyl (C=O) groups excluding carboxylic acids is 1. The van der Waals surface area contributed by atoms with E-state index in [-0.39, 0.29) is 13.0 Å². The number of rotatable bonds is 4. The van der Waals surface area contributed by atoms with Crippen LogP contribution in [0.4, 0.5) is 4.79 Å². The molecule has 0 aliphatic carbocycles. The van der Waals surface area contributed by atoms with Gasteiger partial charge in [0.05, 0.1) is 6.61 Å². The minimum Gasteiger partial charge on any atom is -0.479 e. The molecule has 0 spiro atoms. The van der Waals surface area contributed by atoms with Crippen LogP contribution in [0.3, 0.4) is 0 Å². The number of urea groups is 1. The van der Waals surface area contributed by atoms with Crippen LogP contribution in [0.2, 0.25) is 0 Å². The Morgan fingerprint density at radius 2 is 2.05 bits per heavy atom. The topological polar surface area (TPSA) is 87.7 Å². The molecule has 0 aromatic heterocycles. The minimum atomic E-state index is -1.30. The van der Waals surface area contributed by atoms with E-state index < -0.39 is 17.5 Å². The lowest BCUT2D eigenvalue weighted by Crippen LogP contribution is -2.57. The van der Waals surface area contributed by atoms with Crippen molar-refractivity contribution in [2.45, 2.75) is 18.5 Å². The van der Waals surface area contributed by atoms with Crippen LogP contribution in [-0.4, -0.2) is 35.9 Å². The maximum Gasteiger partial charge on any atom is 0.332 e. The van der Waals surface area contributed by atoms with Gasteiger partial charge < -0.3 is 20.5 Å². The van der Waals surface area contributed by atoms with Gasteiger partial charge in [-0.05, 0) is 5.56 Å². The van der Waals surface area contributed by atoms with Gasteiger partial charge in [0.2, 0.25) is 0 Å². The van der Waals surface area contributed by atoms with Crippen LogP contribution in [0.1, 0.15) is 12.0 Å². The number of nitrogens with one attached hydrogen (secondary N) is 2. The predicted octanol–water partition coefficient (Wildman–Crippen LogP) is 0.729. The van der Waals surface area contributed by atoms with E-state index in [1.807, 2.05) is 30.3 Å². The average molecular weight is 264 g/mol. The number of hydrogen-bond donors (Lipinski definition) is 3. The smallest absolute Gasteiger partial charge is 0.332 e. The van der Waals surface area contributed by atoms with Gasteiger partial charge in [-0.2, -0.15) is 0 Å². The summed E-state index contributed by atoms with van der Waals surface area (Å²) < 4.78 is 5.06. The van der Waals surface area contributed by atoms with Gasteiger partial charge in [0.25, 0.3) is 0 Å². The Morgan fingerprint density at radius 3 is 2.63 bits per heavy atom. The van der Waals surface area contributed by atoms with Gasteiger partial charge in [0.1, 0.15) is 0 Å². The summed E-state index contributed by atoms with van der Waals surface area (Å²) in [5.41, 5.74) is -0.356. The van der Waals surface area contributed by atoms with Crippen molar-refractivity contribution in [1.29, 1.82) is 0 Å². The fraction of sp³-hybridized carbons (Fsp3) is 0.385. The molecule has 1 heterocycles. The molecule has 3 N–H and O–H groups in total. The molecule has 2 amide bonds. The fourth-order valence-corrected chi connectivity index (χ4v) is 1.93. The first kappa shape index (κ1) is 13.4. The third kappa shape index (κ3) is 3.23. The highest BCUT2D eigenvalue weighted by molar-refractivity contribution is 5.86. The normalized spacial score (nSPS) is 21.9. The average Bonchev–Trinajstić information content (AvgIpc) is 2.87. The summed E-state index contributed by atoms with van der Waals surface area (Å²) in [6, 6.07) is 8.89. The molecule has 2 rings (SSSR count). The van der Waals surface area contributed by atoms with Crippen molar-refractivity contribution >= 4 is 12.0 Å². The number of benzene rings is 1. The maximum absolute atomic E-state index is 11.7. The largest absolute Gasteiger partial charge is 0.479 e. The van der Waals surface area contributed by atoms with E-state index in [0.29, 0.717) is 13.2 Å². The van der Waals surface area contributed by atoms with E-state index in [2.05, 4.69) is 10.6 Å². The van der Waals surface area contributed by atoms with Crippen LogP contribution in [-0.2, 0) is 16.1 Å². The highest BCUT2D eigenvalue weighted by Gasteiger charge is 2.43. The molecule has 0 bridgehead atoms. The molecular formula is C13H16N2O4.